The Labute approximate surface area is 277 Å². The first-order valence-corrected chi connectivity index (χ1v) is 17.0. The zero-order chi connectivity index (χ0) is 33.5. The van der Waals surface area contributed by atoms with E-state index in [1.165, 1.54) is 32.0 Å². The van der Waals surface area contributed by atoms with E-state index in [2.05, 4.69) is 156 Å². The molecule has 240 valence electrons. The van der Waals surface area contributed by atoms with Crippen molar-refractivity contribution in [3.63, 3.8) is 0 Å². The summed E-state index contributed by atoms with van der Waals surface area (Å²) in [5.41, 5.74) is 8.22. The molecule has 0 aliphatic carbocycles. The summed E-state index contributed by atoms with van der Waals surface area (Å²) < 4.78 is 0. The average molecular weight is 623 g/mol. The molecule has 3 heteroatoms. The molecule has 0 aromatic heterocycles. The minimum absolute atomic E-state index is 0.171. The molecule has 0 aliphatic heterocycles. The van der Waals surface area contributed by atoms with Crippen LogP contribution in [0.2, 0.25) is 0 Å². The summed E-state index contributed by atoms with van der Waals surface area (Å²) in [6, 6.07) is 26.3. The first-order valence-electron chi connectivity index (χ1n) is 16.2. The molecule has 0 fully saturated rings. The van der Waals surface area contributed by atoms with Crippen molar-refractivity contribution in [2.24, 2.45) is 0 Å². The van der Waals surface area contributed by atoms with Crippen LogP contribution in [0.5, 0.6) is 11.5 Å². The van der Waals surface area contributed by atoms with Gasteiger partial charge in [-0.15, -0.1) is 0 Å². The molecule has 0 atom stereocenters. The van der Waals surface area contributed by atoms with Crippen LogP contribution >= 0.6 is 11.8 Å². The fourth-order valence-electron chi connectivity index (χ4n) is 5.93. The number of hydrogen-bond donors (Lipinski definition) is 2. The maximum atomic E-state index is 11.4. The first kappa shape index (κ1) is 34.7. The highest BCUT2D eigenvalue weighted by Crippen LogP contribution is 2.42. The molecule has 0 saturated heterocycles. The van der Waals surface area contributed by atoms with E-state index < -0.39 is 0 Å². The second-order valence-electron chi connectivity index (χ2n) is 16.8. The molecule has 0 aliphatic rings. The van der Waals surface area contributed by atoms with E-state index in [0.717, 1.165) is 35.1 Å². The van der Waals surface area contributed by atoms with Gasteiger partial charge in [0.15, 0.2) is 0 Å². The maximum absolute atomic E-state index is 11.4. The topological polar surface area (TPSA) is 40.5 Å². The standard InChI is InChI=1S/C42H54O2S/c1-39(2,3)32-23-28(24-33(37(32)43)40(4,5)6)20-27-18-19-36(45-31-16-14-13-15-17-31)30(21-27)22-29-25-34(41(7,8)9)38(44)35(26-29)42(10,11)12/h13-19,21,23-26,43-44H,20,22H2,1-12H3. The summed E-state index contributed by atoms with van der Waals surface area (Å²) in [6.07, 6.45) is 1.55. The number of phenols is 2. The third-order valence-electron chi connectivity index (χ3n) is 8.47. The van der Waals surface area contributed by atoms with Crippen LogP contribution in [-0.2, 0) is 34.5 Å². The third kappa shape index (κ3) is 8.36. The first-order chi connectivity index (χ1) is 20.6. The lowest BCUT2D eigenvalue weighted by Crippen LogP contribution is -2.18. The van der Waals surface area contributed by atoms with Crippen molar-refractivity contribution in [2.45, 2.75) is 127 Å². The lowest BCUT2D eigenvalue weighted by atomic mass is 9.77. The van der Waals surface area contributed by atoms with Crippen LogP contribution in [0.4, 0.5) is 0 Å². The minimum Gasteiger partial charge on any atom is -0.507 e. The van der Waals surface area contributed by atoms with Crippen molar-refractivity contribution < 1.29 is 10.2 Å². The largest absolute Gasteiger partial charge is 0.507 e. The highest BCUT2D eigenvalue weighted by Gasteiger charge is 2.28. The molecule has 0 saturated carbocycles. The number of phenolic OH excluding ortho intramolecular Hbond substituents is 2. The van der Waals surface area contributed by atoms with E-state index in [4.69, 9.17) is 0 Å². The maximum Gasteiger partial charge on any atom is 0.123 e. The van der Waals surface area contributed by atoms with E-state index >= 15 is 0 Å². The highest BCUT2D eigenvalue weighted by molar-refractivity contribution is 7.99. The van der Waals surface area contributed by atoms with E-state index in [0.29, 0.717) is 11.5 Å². The number of hydrogen-bond acceptors (Lipinski definition) is 3. The molecule has 0 bridgehead atoms. The van der Waals surface area contributed by atoms with Gasteiger partial charge in [0.2, 0.25) is 0 Å². The van der Waals surface area contributed by atoms with Crippen molar-refractivity contribution >= 4 is 11.8 Å². The van der Waals surface area contributed by atoms with E-state index in [1.807, 2.05) is 0 Å². The van der Waals surface area contributed by atoms with Crippen LogP contribution in [0.15, 0.2) is 82.6 Å². The van der Waals surface area contributed by atoms with Gasteiger partial charge in [-0.2, -0.15) is 0 Å². The molecule has 0 amide bonds. The summed E-state index contributed by atoms with van der Waals surface area (Å²) in [6.45, 7) is 26.0. The highest BCUT2D eigenvalue weighted by atomic mass is 32.2. The van der Waals surface area contributed by atoms with Crippen LogP contribution in [-0.4, -0.2) is 10.2 Å². The molecule has 4 rings (SSSR count). The molecule has 4 aromatic carbocycles. The summed E-state index contributed by atoms with van der Waals surface area (Å²) in [4.78, 5) is 2.45. The van der Waals surface area contributed by atoms with Gasteiger partial charge in [0.25, 0.3) is 0 Å². The van der Waals surface area contributed by atoms with Gasteiger partial charge in [0.1, 0.15) is 11.5 Å². The average Bonchev–Trinajstić information content (AvgIpc) is 2.90. The molecule has 2 N–H and O–H groups in total. The van der Waals surface area contributed by atoms with Gasteiger partial charge in [-0.25, -0.2) is 0 Å². The van der Waals surface area contributed by atoms with Crippen molar-refractivity contribution in [3.05, 3.63) is 117 Å². The molecule has 4 aromatic rings. The fourth-order valence-corrected chi connectivity index (χ4v) is 6.88. The number of aromatic hydroxyl groups is 2. The van der Waals surface area contributed by atoms with Crippen molar-refractivity contribution in [1.82, 2.24) is 0 Å². The molecular weight excluding hydrogens is 569 g/mol. The Bertz CT molecular complexity index is 1580. The van der Waals surface area contributed by atoms with Gasteiger partial charge in [0, 0.05) is 9.79 Å². The van der Waals surface area contributed by atoms with Gasteiger partial charge in [0.05, 0.1) is 0 Å². The molecule has 45 heavy (non-hydrogen) atoms. The molecule has 0 unspecified atom stereocenters. The molecule has 2 nitrogen and oxygen atoms in total. The van der Waals surface area contributed by atoms with E-state index in [9.17, 15) is 10.2 Å². The molecular formula is C42H54O2S. The monoisotopic (exact) mass is 622 g/mol. The van der Waals surface area contributed by atoms with Gasteiger partial charge in [-0.1, -0.05) is 149 Å². The Morgan fingerprint density at radius 2 is 0.867 bits per heavy atom. The third-order valence-corrected chi connectivity index (χ3v) is 9.60. The molecule has 0 spiro atoms. The predicted octanol–water partition coefficient (Wildman–Crippen LogP) is 11.6. The quantitative estimate of drug-likeness (QED) is 0.225. The van der Waals surface area contributed by atoms with Gasteiger partial charge in [-0.3, -0.25) is 0 Å². The van der Waals surface area contributed by atoms with Crippen LogP contribution in [0.25, 0.3) is 0 Å². The zero-order valence-corrected chi connectivity index (χ0v) is 30.5. The van der Waals surface area contributed by atoms with Crippen molar-refractivity contribution in [1.29, 1.82) is 0 Å². The fraction of sp³-hybridized carbons (Fsp3) is 0.429. The normalized spacial score (nSPS) is 12.9. The summed E-state index contributed by atoms with van der Waals surface area (Å²) in [5, 5.41) is 22.7. The van der Waals surface area contributed by atoms with E-state index in [-0.39, 0.29) is 21.7 Å². The van der Waals surface area contributed by atoms with Crippen LogP contribution < -0.4 is 0 Å². The van der Waals surface area contributed by atoms with Gasteiger partial charge in [-0.05, 0) is 97.2 Å². The Balaban J connectivity index is 1.85. The van der Waals surface area contributed by atoms with Crippen molar-refractivity contribution in [2.75, 3.05) is 0 Å². The number of benzene rings is 4. The lowest BCUT2D eigenvalue weighted by Gasteiger charge is -2.28. The summed E-state index contributed by atoms with van der Waals surface area (Å²) >= 11 is 1.80. The van der Waals surface area contributed by atoms with Gasteiger partial charge >= 0.3 is 0 Å². The Morgan fingerprint density at radius 3 is 1.27 bits per heavy atom. The van der Waals surface area contributed by atoms with Crippen LogP contribution in [0.3, 0.4) is 0 Å². The Kier molecular flexibility index (Phi) is 9.68. The second-order valence-corrected chi connectivity index (χ2v) is 17.9. The van der Waals surface area contributed by atoms with Crippen molar-refractivity contribution in [3.8, 4) is 11.5 Å². The summed E-state index contributed by atoms with van der Waals surface area (Å²) in [5.74, 6) is 0.841. The molecule has 0 radical (unpaired) electrons. The predicted molar refractivity (Wildman–Crippen MR) is 194 cm³/mol. The summed E-state index contributed by atoms with van der Waals surface area (Å²) in [7, 11) is 0. The second kappa shape index (κ2) is 12.6. The molecule has 0 heterocycles. The van der Waals surface area contributed by atoms with E-state index in [1.54, 1.807) is 11.8 Å². The van der Waals surface area contributed by atoms with Crippen LogP contribution in [0.1, 0.15) is 128 Å². The zero-order valence-electron chi connectivity index (χ0n) is 29.6. The van der Waals surface area contributed by atoms with Gasteiger partial charge < -0.3 is 10.2 Å². The lowest BCUT2D eigenvalue weighted by molar-refractivity contribution is 0.422. The Hall–Kier alpha value is -3.17. The SMILES string of the molecule is CC(C)(C)c1cc(Cc2ccc(Sc3ccccc3)c(Cc3cc(C(C)(C)C)c(O)c(C(C)(C)C)c3)c2)cc(C(C)(C)C)c1O. The minimum atomic E-state index is -0.183. The number of rotatable bonds is 6. The Morgan fingerprint density at radius 1 is 0.467 bits per heavy atom. The smallest absolute Gasteiger partial charge is 0.123 e. The van der Waals surface area contributed by atoms with Crippen LogP contribution in [0, 0.1) is 0 Å².